The number of halogens is 1. The fourth-order valence-corrected chi connectivity index (χ4v) is 1.09. The number of fused-ring (bicyclic) bond motifs is 1. The molecule has 1 heterocycles. The molecular formula is C8H6FN2O. The molecule has 0 aliphatic carbocycles. The van der Waals surface area contributed by atoms with Gasteiger partial charge in [0.25, 0.3) is 0 Å². The van der Waals surface area contributed by atoms with Crippen LogP contribution >= 0.6 is 0 Å². The van der Waals surface area contributed by atoms with Gasteiger partial charge in [0.2, 0.25) is 0 Å². The second-order valence-electron chi connectivity index (χ2n) is 2.47. The Morgan fingerprint density at radius 1 is 1.33 bits per heavy atom. The van der Waals surface area contributed by atoms with E-state index in [1.165, 1.54) is 24.7 Å². The molecule has 0 saturated carbocycles. The fourth-order valence-electron chi connectivity index (χ4n) is 1.09. The van der Waals surface area contributed by atoms with Crippen LogP contribution in [0.5, 0.6) is 0 Å². The third kappa shape index (κ3) is 1.06. The lowest BCUT2D eigenvalue weighted by Crippen LogP contribution is -2.29. The first kappa shape index (κ1) is 7.24. The standard InChI is InChI=1S/C8H6FN2O/c9-5-1-2-7-6(3-5)8(12)4-10-11-7/h1-4,10-11H. The van der Waals surface area contributed by atoms with Gasteiger partial charge in [0.15, 0.2) is 5.78 Å². The highest BCUT2D eigenvalue weighted by Crippen LogP contribution is 2.19. The van der Waals surface area contributed by atoms with Gasteiger partial charge in [-0.05, 0) is 18.2 Å². The summed E-state index contributed by atoms with van der Waals surface area (Å²) < 4.78 is 12.7. The number of carbonyl (C=O) groups is 1. The number of anilines is 1. The first-order chi connectivity index (χ1) is 5.77. The van der Waals surface area contributed by atoms with Gasteiger partial charge in [0.05, 0.1) is 5.69 Å². The molecule has 2 rings (SSSR count). The predicted molar refractivity (Wildman–Crippen MR) is 41.8 cm³/mol. The van der Waals surface area contributed by atoms with Crippen molar-refractivity contribution in [2.75, 3.05) is 5.43 Å². The van der Waals surface area contributed by atoms with Crippen LogP contribution in [0.4, 0.5) is 10.1 Å². The molecule has 3 nitrogen and oxygen atoms in total. The van der Waals surface area contributed by atoms with E-state index in [4.69, 9.17) is 0 Å². The molecule has 0 saturated heterocycles. The van der Waals surface area contributed by atoms with E-state index < -0.39 is 5.82 Å². The maximum atomic E-state index is 12.7. The summed E-state index contributed by atoms with van der Waals surface area (Å²) in [4.78, 5) is 11.1. The summed E-state index contributed by atoms with van der Waals surface area (Å²) in [5.41, 5.74) is 6.25. The molecule has 0 amide bonds. The summed E-state index contributed by atoms with van der Waals surface area (Å²) in [6, 6.07) is 4.02. The molecule has 0 atom stereocenters. The van der Waals surface area contributed by atoms with Crippen molar-refractivity contribution >= 4 is 11.5 Å². The fraction of sp³-hybridized carbons (Fsp3) is 0. The Balaban J connectivity index is 2.54. The van der Waals surface area contributed by atoms with Crippen LogP contribution in [-0.4, -0.2) is 5.78 Å². The Labute approximate surface area is 68.6 Å². The number of nitrogens with one attached hydrogen (secondary N) is 2. The molecule has 1 aliphatic rings. The smallest absolute Gasteiger partial charge is 0.185 e. The van der Waals surface area contributed by atoms with Gasteiger partial charge in [-0.2, -0.15) is 0 Å². The van der Waals surface area contributed by atoms with Gasteiger partial charge in [-0.3, -0.25) is 4.79 Å². The minimum Gasteiger partial charge on any atom is -0.320 e. The minimum absolute atomic E-state index is 0.219. The highest BCUT2D eigenvalue weighted by Gasteiger charge is 2.16. The molecule has 1 radical (unpaired) electrons. The highest BCUT2D eigenvalue weighted by molar-refractivity contribution is 6.07. The Bertz CT molecular complexity index is 338. The Hall–Kier alpha value is -1.42. The third-order valence-electron chi connectivity index (χ3n) is 1.66. The van der Waals surface area contributed by atoms with Gasteiger partial charge >= 0.3 is 0 Å². The monoisotopic (exact) mass is 165 g/mol. The number of hydrogen-bond donors (Lipinski definition) is 2. The van der Waals surface area contributed by atoms with E-state index >= 15 is 0 Å². The van der Waals surface area contributed by atoms with Crippen LogP contribution < -0.4 is 10.9 Å². The molecule has 0 unspecified atom stereocenters. The van der Waals surface area contributed by atoms with Crippen LogP contribution in [0.1, 0.15) is 10.4 Å². The number of benzene rings is 1. The summed E-state index contributed by atoms with van der Waals surface area (Å²) in [6.07, 6.45) is 0. The molecule has 12 heavy (non-hydrogen) atoms. The maximum absolute atomic E-state index is 12.7. The molecule has 61 valence electrons. The van der Waals surface area contributed by atoms with E-state index in [2.05, 4.69) is 10.9 Å². The summed E-state index contributed by atoms with van der Waals surface area (Å²) in [5.74, 6) is -0.623. The van der Waals surface area contributed by atoms with E-state index in [1.54, 1.807) is 0 Å². The van der Waals surface area contributed by atoms with Gasteiger partial charge in [0.1, 0.15) is 12.4 Å². The number of hydrogen-bond acceptors (Lipinski definition) is 3. The quantitative estimate of drug-likeness (QED) is 0.604. The second-order valence-corrected chi connectivity index (χ2v) is 2.47. The summed E-state index contributed by atoms with van der Waals surface area (Å²) in [7, 11) is 0. The van der Waals surface area contributed by atoms with Crippen molar-refractivity contribution < 1.29 is 9.18 Å². The van der Waals surface area contributed by atoms with Gasteiger partial charge in [-0.25, -0.2) is 9.82 Å². The molecule has 0 aromatic heterocycles. The van der Waals surface area contributed by atoms with Crippen molar-refractivity contribution in [3.05, 3.63) is 36.1 Å². The van der Waals surface area contributed by atoms with Gasteiger partial charge in [-0.1, -0.05) is 0 Å². The van der Waals surface area contributed by atoms with Crippen LogP contribution in [0.25, 0.3) is 0 Å². The SMILES string of the molecule is O=C1[CH]NNc2ccc(F)cc21. The number of carbonyl (C=O) groups excluding carboxylic acids is 1. The number of ketones is 1. The normalized spacial score (nSPS) is 15.2. The van der Waals surface area contributed by atoms with Gasteiger partial charge in [0, 0.05) is 5.56 Å². The number of rotatable bonds is 0. The Kier molecular flexibility index (Phi) is 1.55. The highest BCUT2D eigenvalue weighted by atomic mass is 19.1. The van der Waals surface area contributed by atoms with E-state index in [-0.39, 0.29) is 5.78 Å². The minimum atomic E-state index is -0.404. The predicted octanol–water partition coefficient (Wildman–Crippen LogP) is 1.10. The van der Waals surface area contributed by atoms with E-state index in [9.17, 15) is 9.18 Å². The van der Waals surface area contributed by atoms with E-state index in [0.717, 1.165) is 0 Å². The zero-order valence-electron chi connectivity index (χ0n) is 6.10. The first-order valence-electron chi connectivity index (χ1n) is 3.46. The lowest BCUT2D eigenvalue weighted by molar-refractivity contribution is 0.102. The van der Waals surface area contributed by atoms with E-state index in [0.29, 0.717) is 11.3 Å². The zero-order valence-corrected chi connectivity index (χ0v) is 6.10. The summed E-state index contributed by atoms with van der Waals surface area (Å²) in [5, 5.41) is 0. The van der Waals surface area contributed by atoms with Crippen molar-refractivity contribution in [3.63, 3.8) is 0 Å². The average molecular weight is 165 g/mol. The largest absolute Gasteiger partial charge is 0.320 e. The van der Waals surface area contributed by atoms with Crippen molar-refractivity contribution in [1.82, 2.24) is 5.43 Å². The molecule has 4 heteroatoms. The van der Waals surface area contributed by atoms with E-state index in [1.807, 2.05) is 0 Å². The number of Topliss-reactive ketones (excluding diaryl/α,β-unsaturated/α-hetero) is 1. The molecule has 0 spiro atoms. The number of hydrazine groups is 1. The molecule has 1 aromatic rings. The molecule has 0 bridgehead atoms. The van der Waals surface area contributed by atoms with Crippen LogP contribution in [0.2, 0.25) is 0 Å². The van der Waals surface area contributed by atoms with Crippen molar-refractivity contribution in [2.45, 2.75) is 0 Å². The Morgan fingerprint density at radius 2 is 2.17 bits per heavy atom. The van der Waals surface area contributed by atoms with Crippen molar-refractivity contribution in [3.8, 4) is 0 Å². The molecular weight excluding hydrogens is 159 g/mol. The lowest BCUT2D eigenvalue weighted by atomic mass is 10.1. The van der Waals surface area contributed by atoms with Crippen molar-refractivity contribution in [2.24, 2.45) is 0 Å². The molecule has 0 fully saturated rings. The van der Waals surface area contributed by atoms with Crippen LogP contribution in [0.3, 0.4) is 0 Å². The molecule has 2 N–H and O–H groups in total. The van der Waals surface area contributed by atoms with Crippen LogP contribution in [0.15, 0.2) is 18.2 Å². The van der Waals surface area contributed by atoms with Gasteiger partial charge in [-0.15, -0.1) is 0 Å². The Morgan fingerprint density at radius 3 is 3.00 bits per heavy atom. The van der Waals surface area contributed by atoms with Crippen LogP contribution in [-0.2, 0) is 0 Å². The summed E-state index contributed by atoms with van der Waals surface area (Å²) in [6.45, 7) is 1.25. The first-order valence-corrected chi connectivity index (χ1v) is 3.46. The van der Waals surface area contributed by atoms with Crippen LogP contribution in [0, 0.1) is 12.4 Å². The third-order valence-corrected chi connectivity index (χ3v) is 1.66. The second kappa shape index (κ2) is 2.57. The topological polar surface area (TPSA) is 41.1 Å². The average Bonchev–Trinajstić information content (AvgIpc) is 2.07. The maximum Gasteiger partial charge on any atom is 0.185 e. The molecule has 1 aliphatic heterocycles. The van der Waals surface area contributed by atoms with Gasteiger partial charge < -0.3 is 5.43 Å². The van der Waals surface area contributed by atoms with Crippen molar-refractivity contribution in [1.29, 1.82) is 0 Å². The zero-order chi connectivity index (χ0) is 8.55. The molecule has 1 aromatic carbocycles. The lowest BCUT2D eigenvalue weighted by Gasteiger charge is -2.16. The summed E-state index contributed by atoms with van der Waals surface area (Å²) >= 11 is 0.